The van der Waals surface area contributed by atoms with Gasteiger partial charge < -0.3 is 9.47 Å². The third kappa shape index (κ3) is 5.64. The van der Waals surface area contributed by atoms with E-state index in [4.69, 9.17) is 4.74 Å². The molecule has 0 aliphatic heterocycles. The number of hydrogen-bond acceptors (Lipinski definition) is 2. The Morgan fingerprint density at radius 2 is 2.00 bits per heavy atom. The molecule has 1 aromatic carbocycles. The Bertz CT molecular complexity index is 314. The maximum absolute atomic E-state index is 11.7. The standard InChI is InChI=1S/C9H8BrF3O2/c10-7-2-1-3-8(4-7)15-6-14-5-9(11,12)13/h1-4H,5-6H2. The molecule has 0 unspecified atom stereocenters. The van der Waals surface area contributed by atoms with Crippen LogP contribution in [-0.4, -0.2) is 19.6 Å². The van der Waals surface area contributed by atoms with E-state index in [-0.39, 0.29) is 0 Å². The van der Waals surface area contributed by atoms with Crippen LogP contribution >= 0.6 is 15.9 Å². The van der Waals surface area contributed by atoms with Crippen LogP contribution in [0.2, 0.25) is 0 Å². The lowest BCUT2D eigenvalue weighted by Crippen LogP contribution is -2.19. The van der Waals surface area contributed by atoms with Crippen molar-refractivity contribution in [1.82, 2.24) is 0 Å². The summed E-state index contributed by atoms with van der Waals surface area (Å²) in [5.74, 6) is 0.451. The van der Waals surface area contributed by atoms with Gasteiger partial charge in [0.2, 0.25) is 0 Å². The molecule has 0 aromatic heterocycles. The summed E-state index contributed by atoms with van der Waals surface area (Å²) in [4.78, 5) is 0. The number of halogens is 4. The topological polar surface area (TPSA) is 18.5 Å². The summed E-state index contributed by atoms with van der Waals surface area (Å²) < 4.78 is 45.0. The van der Waals surface area contributed by atoms with Gasteiger partial charge in [-0.3, -0.25) is 0 Å². The van der Waals surface area contributed by atoms with E-state index < -0.39 is 19.6 Å². The highest BCUT2D eigenvalue weighted by molar-refractivity contribution is 9.10. The van der Waals surface area contributed by atoms with Gasteiger partial charge in [0, 0.05) is 4.47 Å². The molecule has 0 bridgehead atoms. The van der Waals surface area contributed by atoms with E-state index in [0.29, 0.717) is 5.75 Å². The molecule has 15 heavy (non-hydrogen) atoms. The monoisotopic (exact) mass is 284 g/mol. The highest BCUT2D eigenvalue weighted by atomic mass is 79.9. The summed E-state index contributed by atoms with van der Waals surface area (Å²) in [6.45, 7) is -1.73. The summed E-state index contributed by atoms with van der Waals surface area (Å²) in [6.07, 6.45) is -4.32. The van der Waals surface area contributed by atoms with Crippen molar-refractivity contribution < 1.29 is 22.6 Å². The van der Waals surface area contributed by atoms with Crippen LogP contribution in [0.25, 0.3) is 0 Å². The van der Waals surface area contributed by atoms with Crippen molar-refractivity contribution in [3.63, 3.8) is 0 Å². The van der Waals surface area contributed by atoms with Crippen LogP contribution < -0.4 is 4.74 Å². The van der Waals surface area contributed by atoms with Crippen molar-refractivity contribution in [2.24, 2.45) is 0 Å². The fraction of sp³-hybridized carbons (Fsp3) is 0.333. The second-order valence-corrected chi connectivity index (χ2v) is 3.60. The molecule has 0 saturated carbocycles. The van der Waals surface area contributed by atoms with Crippen molar-refractivity contribution in [1.29, 1.82) is 0 Å². The van der Waals surface area contributed by atoms with E-state index >= 15 is 0 Å². The molecule has 2 nitrogen and oxygen atoms in total. The lowest BCUT2D eigenvalue weighted by Gasteiger charge is -2.09. The molecule has 0 heterocycles. The zero-order valence-electron chi connectivity index (χ0n) is 7.55. The second kappa shape index (κ2) is 5.37. The lowest BCUT2D eigenvalue weighted by molar-refractivity contribution is -0.186. The minimum absolute atomic E-state index is 0.421. The first-order valence-corrected chi connectivity index (χ1v) is 4.79. The molecule has 0 N–H and O–H groups in total. The fourth-order valence-corrected chi connectivity index (χ4v) is 1.20. The van der Waals surface area contributed by atoms with Gasteiger partial charge in [0.25, 0.3) is 0 Å². The molecule has 0 aliphatic carbocycles. The van der Waals surface area contributed by atoms with E-state index in [1.54, 1.807) is 24.3 Å². The summed E-state index contributed by atoms with van der Waals surface area (Å²) in [5, 5.41) is 0. The Balaban J connectivity index is 2.26. The molecule has 1 rings (SSSR count). The summed E-state index contributed by atoms with van der Waals surface area (Å²) in [5.41, 5.74) is 0. The minimum atomic E-state index is -4.32. The molecule has 0 atom stereocenters. The van der Waals surface area contributed by atoms with E-state index in [1.807, 2.05) is 0 Å². The Labute approximate surface area is 93.1 Å². The van der Waals surface area contributed by atoms with Crippen LogP contribution in [0.15, 0.2) is 28.7 Å². The Kier molecular flexibility index (Phi) is 4.41. The summed E-state index contributed by atoms with van der Waals surface area (Å²) in [7, 11) is 0. The fourth-order valence-electron chi connectivity index (χ4n) is 0.824. The summed E-state index contributed by atoms with van der Waals surface area (Å²) >= 11 is 3.20. The number of benzene rings is 1. The van der Waals surface area contributed by atoms with Crippen LogP contribution in [0.3, 0.4) is 0 Å². The molecule has 0 fully saturated rings. The molecule has 0 amide bonds. The van der Waals surface area contributed by atoms with Gasteiger partial charge in [-0.1, -0.05) is 22.0 Å². The highest BCUT2D eigenvalue weighted by Gasteiger charge is 2.27. The van der Waals surface area contributed by atoms with Crippen LogP contribution in [-0.2, 0) is 4.74 Å². The molecule has 0 spiro atoms. The zero-order valence-corrected chi connectivity index (χ0v) is 9.14. The van der Waals surface area contributed by atoms with Crippen LogP contribution in [0.1, 0.15) is 0 Å². The Morgan fingerprint density at radius 1 is 1.27 bits per heavy atom. The molecule has 0 saturated heterocycles. The first-order valence-electron chi connectivity index (χ1n) is 4.00. The van der Waals surface area contributed by atoms with Gasteiger partial charge in [-0.05, 0) is 18.2 Å². The molecule has 0 aliphatic rings. The first kappa shape index (κ1) is 12.3. The molecule has 1 aromatic rings. The number of hydrogen-bond donors (Lipinski definition) is 0. The normalized spacial score (nSPS) is 11.5. The SMILES string of the molecule is FC(F)(F)COCOc1cccc(Br)c1. The van der Waals surface area contributed by atoms with Gasteiger partial charge in [-0.25, -0.2) is 0 Å². The van der Waals surface area contributed by atoms with Crippen molar-refractivity contribution in [2.45, 2.75) is 6.18 Å². The van der Waals surface area contributed by atoms with Gasteiger partial charge >= 0.3 is 6.18 Å². The van der Waals surface area contributed by atoms with Crippen molar-refractivity contribution in [3.8, 4) is 5.75 Å². The van der Waals surface area contributed by atoms with Crippen molar-refractivity contribution >= 4 is 15.9 Å². The van der Waals surface area contributed by atoms with E-state index in [2.05, 4.69) is 20.7 Å². The van der Waals surface area contributed by atoms with Crippen molar-refractivity contribution in [2.75, 3.05) is 13.4 Å². The van der Waals surface area contributed by atoms with Crippen LogP contribution in [0.4, 0.5) is 13.2 Å². The minimum Gasteiger partial charge on any atom is -0.468 e. The first-order chi connectivity index (χ1) is 6.97. The number of ether oxygens (including phenoxy) is 2. The molecular formula is C9H8BrF3O2. The van der Waals surface area contributed by atoms with Gasteiger partial charge in [0.05, 0.1) is 0 Å². The number of rotatable bonds is 4. The Hall–Kier alpha value is -0.750. The Morgan fingerprint density at radius 3 is 2.60 bits per heavy atom. The number of alkyl halides is 3. The third-order valence-corrected chi connectivity index (χ3v) is 1.86. The average molecular weight is 285 g/mol. The largest absolute Gasteiger partial charge is 0.468 e. The summed E-state index contributed by atoms with van der Waals surface area (Å²) in [6, 6.07) is 6.76. The van der Waals surface area contributed by atoms with E-state index in [1.165, 1.54) is 0 Å². The smallest absolute Gasteiger partial charge is 0.411 e. The predicted molar refractivity (Wildman–Crippen MR) is 51.6 cm³/mol. The lowest BCUT2D eigenvalue weighted by atomic mass is 10.3. The molecule has 84 valence electrons. The van der Waals surface area contributed by atoms with Crippen molar-refractivity contribution in [3.05, 3.63) is 28.7 Å². The van der Waals surface area contributed by atoms with E-state index in [0.717, 1.165) is 4.47 Å². The van der Waals surface area contributed by atoms with Crippen LogP contribution in [0, 0.1) is 0 Å². The third-order valence-electron chi connectivity index (χ3n) is 1.37. The quantitative estimate of drug-likeness (QED) is 0.624. The average Bonchev–Trinajstić information content (AvgIpc) is 2.11. The van der Waals surface area contributed by atoms with Gasteiger partial charge in [-0.15, -0.1) is 0 Å². The predicted octanol–water partition coefficient (Wildman–Crippen LogP) is 3.36. The zero-order chi connectivity index (χ0) is 11.3. The van der Waals surface area contributed by atoms with E-state index in [9.17, 15) is 13.2 Å². The molecule has 0 radical (unpaired) electrons. The van der Waals surface area contributed by atoms with Crippen LogP contribution in [0.5, 0.6) is 5.75 Å². The highest BCUT2D eigenvalue weighted by Crippen LogP contribution is 2.18. The molecular weight excluding hydrogens is 277 g/mol. The molecule has 6 heteroatoms. The van der Waals surface area contributed by atoms with Gasteiger partial charge in [0.1, 0.15) is 12.4 Å². The second-order valence-electron chi connectivity index (χ2n) is 2.68. The van der Waals surface area contributed by atoms with Gasteiger partial charge in [0.15, 0.2) is 6.79 Å². The van der Waals surface area contributed by atoms with Gasteiger partial charge in [-0.2, -0.15) is 13.2 Å². The maximum atomic E-state index is 11.7. The maximum Gasteiger partial charge on any atom is 0.411 e.